The lowest BCUT2D eigenvalue weighted by Crippen LogP contribution is -2.08. The molecule has 0 radical (unpaired) electrons. The minimum absolute atomic E-state index is 0.509. The van der Waals surface area contributed by atoms with Gasteiger partial charge in [-0.15, -0.1) is 0 Å². The summed E-state index contributed by atoms with van der Waals surface area (Å²) in [7, 11) is 0. The zero-order chi connectivity index (χ0) is 12.8. The van der Waals surface area contributed by atoms with Crippen molar-refractivity contribution in [1.29, 1.82) is 0 Å². The molecule has 0 amide bonds. The van der Waals surface area contributed by atoms with Crippen LogP contribution in [0, 0.1) is 0 Å². The Bertz CT molecular complexity index is 499. The van der Waals surface area contributed by atoms with Gasteiger partial charge in [-0.1, -0.05) is 6.92 Å². The van der Waals surface area contributed by atoms with Gasteiger partial charge in [0.25, 0.3) is 0 Å². The normalized spacial score (nSPS) is 10.1. The summed E-state index contributed by atoms with van der Waals surface area (Å²) in [6.07, 6.45) is 5.91. The monoisotopic (exact) mass is 244 g/mol. The van der Waals surface area contributed by atoms with Gasteiger partial charge in [-0.2, -0.15) is 0 Å². The number of pyridine rings is 1. The molecule has 0 bridgehead atoms. The number of anilines is 4. The van der Waals surface area contributed by atoms with Crippen LogP contribution in [-0.2, 0) is 0 Å². The second-order valence-corrected chi connectivity index (χ2v) is 3.78. The SMILES string of the molecule is CCCNc1ncnc(Nc2cccnc2)c1N. The number of rotatable bonds is 5. The molecule has 2 heterocycles. The van der Waals surface area contributed by atoms with Crippen LogP contribution in [0.5, 0.6) is 0 Å². The minimum atomic E-state index is 0.509. The number of nitrogen functional groups attached to an aromatic ring is 1. The lowest BCUT2D eigenvalue weighted by Gasteiger charge is -2.11. The maximum absolute atomic E-state index is 6.00. The van der Waals surface area contributed by atoms with E-state index in [1.807, 2.05) is 12.1 Å². The first-order valence-electron chi connectivity index (χ1n) is 5.82. The number of nitrogens with one attached hydrogen (secondary N) is 2. The van der Waals surface area contributed by atoms with Crippen molar-refractivity contribution < 1.29 is 0 Å². The number of hydrogen-bond acceptors (Lipinski definition) is 6. The van der Waals surface area contributed by atoms with Crippen molar-refractivity contribution in [2.45, 2.75) is 13.3 Å². The third-order valence-corrected chi connectivity index (χ3v) is 2.35. The van der Waals surface area contributed by atoms with Crippen LogP contribution in [0.1, 0.15) is 13.3 Å². The molecule has 2 rings (SSSR count). The molecule has 2 aromatic rings. The molecule has 0 aliphatic heterocycles. The van der Waals surface area contributed by atoms with Crippen molar-refractivity contribution >= 4 is 23.0 Å². The number of hydrogen-bond donors (Lipinski definition) is 3. The van der Waals surface area contributed by atoms with Gasteiger partial charge in [0.1, 0.15) is 12.0 Å². The van der Waals surface area contributed by atoms with Crippen molar-refractivity contribution in [2.24, 2.45) is 0 Å². The van der Waals surface area contributed by atoms with Crippen molar-refractivity contribution in [3.05, 3.63) is 30.9 Å². The Labute approximate surface area is 106 Å². The van der Waals surface area contributed by atoms with E-state index in [4.69, 9.17) is 5.73 Å². The summed E-state index contributed by atoms with van der Waals surface area (Å²) in [4.78, 5) is 12.3. The molecule has 0 fully saturated rings. The lowest BCUT2D eigenvalue weighted by molar-refractivity contribution is 0.966. The highest BCUT2D eigenvalue weighted by Gasteiger charge is 2.07. The first kappa shape index (κ1) is 12.1. The summed E-state index contributed by atoms with van der Waals surface area (Å²) in [5.41, 5.74) is 7.35. The molecule has 0 aliphatic rings. The quantitative estimate of drug-likeness (QED) is 0.745. The van der Waals surface area contributed by atoms with E-state index in [9.17, 15) is 0 Å². The van der Waals surface area contributed by atoms with Crippen LogP contribution in [0.25, 0.3) is 0 Å². The van der Waals surface area contributed by atoms with Crippen LogP contribution >= 0.6 is 0 Å². The average Bonchev–Trinajstić information content (AvgIpc) is 2.41. The van der Waals surface area contributed by atoms with E-state index in [1.165, 1.54) is 6.33 Å². The molecule has 0 aromatic carbocycles. The molecule has 0 saturated carbocycles. The standard InChI is InChI=1S/C12H16N6/c1-2-5-15-11-10(13)12(17-8-16-11)18-9-4-3-6-14-7-9/h3-4,6-8H,2,5,13H2,1H3,(H2,15,16,17,18). The van der Waals surface area contributed by atoms with Crippen LogP contribution in [0.2, 0.25) is 0 Å². The highest BCUT2D eigenvalue weighted by molar-refractivity contribution is 5.77. The van der Waals surface area contributed by atoms with E-state index >= 15 is 0 Å². The van der Waals surface area contributed by atoms with Gasteiger partial charge in [0.2, 0.25) is 0 Å². The Balaban J connectivity index is 2.18. The summed E-state index contributed by atoms with van der Waals surface area (Å²) in [6.45, 7) is 2.91. The molecule has 18 heavy (non-hydrogen) atoms. The summed E-state index contributed by atoms with van der Waals surface area (Å²) >= 11 is 0. The van der Waals surface area contributed by atoms with Crippen LogP contribution in [0.3, 0.4) is 0 Å². The largest absolute Gasteiger partial charge is 0.393 e. The first-order valence-corrected chi connectivity index (χ1v) is 5.82. The zero-order valence-corrected chi connectivity index (χ0v) is 10.2. The van der Waals surface area contributed by atoms with E-state index < -0.39 is 0 Å². The number of aromatic nitrogens is 3. The van der Waals surface area contributed by atoms with Crippen molar-refractivity contribution in [1.82, 2.24) is 15.0 Å². The molecule has 0 saturated heterocycles. The molecule has 0 aliphatic carbocycles. The van der Waals surface area contributed by atoms with Crippen molar-refractivity contribution in [3.63, 3.8) is 0 Å². The van der Waals surface area contributed by atoms with E-state index in [0.717, 1.165) is 18.7 Å². The van der Waals surface area contributed by atoms with Crippen molar-refractivity contribution in [2.75, 3.05) is 22.9 Å². The molecule has 0 unspecified atom stereocenters. The van der Waals surface area contributed by atoms with Gasteiger partial charge in [0.05, 0.1) is 11.9 Å². The maximum Gasteiger partial charge on any atom is 0.159 e. The Kier molecular flexibility index (Phi) is 3.90. The summed E-state index contributed by atoms with van der Waals surface area (Å²) in [5, 5.41) is 6.27. The smallest absolute Gasteiger partial charge is 0.159 e. The van der Waals surface area contributed by atoms with Gasteiger partial charge in [-0.3, -0.25) is 4.98 Å². The summed E-state index contributed by atoms with van der Waals surface area (Å²) in [6, 6.07) is 3.74. The van der Waals surface area contributed by atoms with E-state index in [2.05, 4.69) is 32.5 Å². The van der Waals surface area contributed by atoms with E-state index in [-0.39, 0.29) is 0 Å². The average molecular weight is 244 g/mol. The van der Waals surface area contributed by atoms with Crippen LogP contribution in [0.15, 0.2) is 30.9 Å². The second-order valence-electron chi connectivity index (χ2n) is 3.78. The van der Waals surface area contributed by atoms with Crippen LogP contribution < -0.4 is 16.4 Å². The van der Waals surface area contributed by atoms with Gasteiger partial charge < -0.3 is 16.4 Å². The van der Waals surface area contributed by atoms with E-state index in [0.29, 0.717) is 17.3 Å². The van der Waals surface area contributed by atoms with E-state index in [1.54, 1.807) is 12.4 Å². The minimum Gasteiger partial charge on any atom is -0.393 e. The topological polar surface area (TPSA) is 88.8 Å². The van der Waals surface area contributed by atoms with Gasteiger partial charge >= 0.3 is 0 Å². The third kappa shape index (κ3) is 2.85. The summed E-state index contributed by atoms with van der Waals surface area (Å²) < 4.78 is 0. The fourth-order valence-electron chi connectivity index (χ4n) is 1.45. The Morgan fingerprint density at radius 2 is 2.11 bits per heavy atom. The van der Waals surface area contributed by atoms with Crippen LogP contribution in [0.4, 0.5) is 23.0 Å². The second kappa shape index (κ2) is 5.81. The first-order chi connectivity index (χ1) is 8.81. The highest BCUT2D eigenvalue weighted by Crippen LogP contribution is 2.25. The molecule has 0 atom stereocenters. The van der Waals surface area contributed by atoms with Crippen LogP contribution in [-0.4, -0.2) is 21.5 Å². The van der Waals surface area contributed by atoms with Gasteiger partial charge in [0.15, 0.2) is 11.6 Å². The fourth-order valence-corrected chi connectivity index (χ4v) is 1.45. The van der Waals surface area contributed by atoms with Gasteiger partial charge in [-0.25, -0.2) is 9.97 Å². The predicted molar refractivity (Wildman–Crippen MR) is 72.7 cm³/mol. The number of nitrogens with zero attached hydrogens (tertiary/aromatic N) is 3. The molecule has 94 valence electrons. The Hall–Kier alpha value is -2.37. The zero-order valence-electron chi connectivity index (χ0n) is 10.2. The highest BCUT2D eigenvalue weighted by atomic mass is 15.1. The third-order valence-electron chi connectivity index (χ3n) is 2.35. The lowest BCUT2D eigenvalue weighted by atomic mass is 10.3. The molecule has 6 nitrogen and oxygen atoms in total. The molecule has 2 aromatic heterocycles. The van der Waals surface area contributed by atoms with Gasteiger partial charge in [-0.05, 0) is 18.6 Å². The number of nitrogens with two attached hydrogens (primary N) is 1. The van der Waals surface area contributed by atoms with Gasteiger partial charge in [0, 0.05) is 12.7 Å². The molecule has 6 heteroatoms. The molecular weight excluding hydrogens is 228 g/mol. The Morgan fingerprint density at radius 1 is 1.28 bits per heavy atom. The Morgan fingerprint density at radius 3 is 2.83 bits per heavy atom. The molecular formula is C12H16N6. The fraction of sp³-hybridized carbons (Fsp3) is 0.250. The molecule has 4 N–H and O–H groups in total. The predicted octanol–water partition coefficient (Wildman–Crippen LogP) is 2.02. The molecule has 0 spiro atoms. The van der Waals surface area contributed by atoms with Crippen molar-refractivity contribution in [3.8, 4) is 0 Å². The maximum atomic E-state index is 6.00. The summed E-state index contributed by atoms with van der Waals surface area (Å²) in [5.74, 6) is 1.23.